The first-order valence-corrected chi connectivity index (χ1v) is 9.41. The van der Waals surface area contributed by atoms with Crippen LogP contribution >= 0.6 is 22.6 Å². The van der Waals surface area contributed by atoms with Gasteiger partial charge in [-0.3, -0.25) is 0 Å². The normalized spacial score (nSPS) is 11.8. The highest BCUT2D eigenvalue weighted by molar-refractivity contribution is 14.1. The molecule has 0 aliphatic heterocycles. The first-order chi connectivity index (χ1) is 9.55. The van der Waals surface area contributed by atoms with Crippen LogP contribution in [0.2, 0.25) is 0 Å². The molecule has 1 aromatic rings. The van der Waals surface area contributed by atoms with Crippen molar-refractivity contribution in [3.8, 4) is 0 Å². The van der Waals surface area contributed by atoms with Crippen LogP contribution in [0.1, 0.15) is 83.3 Å². The lowest BCUT2D eigenvalue weighted by atomic mass is 9.93. The smallest absolute Gasteiger partial charge is 0.0416 e. The highest BCUT2D eigenvalue weighted by Gasteiger charge is 2.18. The van der Waals surface area contributed by atoms with Gasteiger partial charge in [-0.15, -0.1) is 0 Å². The molecule has 1 rings (SSSR count). The Morgan fingerprint density at radius 2 is 1.40 bits per heavy atom. The molecule has 0 aromatic heterocycles. The van der Waals surface area contributed by atoms with E-state index in [1.165, 1.54) is 63.4 Å². The van der Waals surface area contributed by atoms with Gasteiger partial charge in [-0.25, -0.2) is 0 Å². The molecular formula is C19H31I. The molecule has 0 amide bonds. The van der Waals surface area contributed by atoms with Crippen molar-refractivity contribution < 1.29 is 0 Å². The Labute approximate surface area is 139 Å². The van der Waals surface area contributed by atoms with Crippen molar-refractivity contribution in [2.45, 2.75) is 82.0 Å². The van der Waals surface area contributed by atoms with Crippen molar-refractivity contribution in [1.82, 2.24) is 0 Å². The zero-order valence-electron chi connectivity index (χ0n) is 13.6. The summed E-state index contributed by atoms with van der Waals surface area (Å²) in [7, 11) is 0. The molecule has 0 spiro atoms. The van der Waals surface area contributed by atoms with Crippen LogP contribution in [0.15, 0.2) is 24.3 Å². The van der Waals surface area contributed by atoms with Crippen LogP contribution in [0.5, 0.6) is 0 Å². The molecule has 0 saturated carbocycles. The van der Waals surface area contributed by atoms with Crippen LogP contribution in [0.3, 0.4) is 0 Å². The predicted octanol–water partition coefficient (Wildman–Crippen LogP) is 7.04. The molecule has 0 fully saturated rings. The first-order valence-electron chi connectivity index (χ1n) is 8.33. The molecular weight excluding hydrogens is 355 g/mol. The summed E-state index contributed by atoms with van der Waals surface area (Å²) in [6.07, 6.45) is 12.5. The number of halogens is 1. The second-order valence-corrected chi connectivity index (χ2v) is 9.05. The minimum atomic E-state index is 0.245. The van der Waals surface area contributed by atoms with Gasteiger partial charge in [-0.1, -0.05) is 98.7 Å². The summed E-state index contributed by atoms with van der Waals surface area (Å²) >= 11 is 2.56. The molecule has 1 aromatic carbocycles. The zero-order valence-corrected chi connectivity index (χ0v) is 15.7. The van der Waals surface area contributed by atoms with Crippen LogP contribution < -0.4 is 0 Å². The minimum absolute atomic E-state index is 0.245. The maximum atomic E-state index is 2.56. The van der Waals surface area contributed by atoms with Crippen molar-refractivity contribution in [2.75, 3.05) is 0 Å². The molecule has 20 heavy (non-hydrogen) atoms. The van der Waals surface area contributed by atoms with Crippen LogP contribution in [-0.4, -0.2) is 0 Å². The standard InChI is InChI=1S/C19H31I/c1-4-5-6-7-8-9-10-11-14-17-15-12-13-16-18(17)19(2,3)20/h12-13,15-16H,4-11,14H2,1-3H3. The molecule has 0 aliphatic carbocycles. The molecule has 0 aliphatic rings. The highest BCUT2D eigenvalue weighted by atomic mass is 127. The predicted molar refractivity (Wildman–Crippen MR) is 99.8 cm³/mol. The third kappa shape index (κ3) is 7.10. The summed E-state index contributed by atoms with van der Waals surface area (Å²) in [6.45, 7) is 6.90. The Bertz CT molecular complexity index is 362. The molecule has 0 bridgehead atoms. The Hall–Kier alpha value is -0.0500. The SMILES string of the molecule is CCCCCCCCCCc1ccccc1C(C)(C)I. The number of benzene rings is 1. The molecule has 0 N–H and O–H groups in total. The summed E-state index contributed by atoms with van der Waals surface area (Å²) in [5.41, 5.74) is 3.07. The van der Waals surface area contributed by atoms with E-state index in [-0.39, 0.29) is 3.42 Å². The second kappa shape index (κ2) is 9.81. The van der Waals surface area contributed by atoms with Crippen LogP contribution in [-0.2, 0) is 9.84 Å². The molecule has 0 saturated heterocycles. The van der Waals surface area contributed by atoms with E-state index in [1.54, 1.807) is 5.56 Å². The lowest BCUT2D eigenvalue weighted by Gasteiger charge is -2.21. The minimum Gasteiger partial charge on any atom is -0.0743 e. The fourth-order valence-electron chi connectivity index (χ4n) is 2.77. The van der Waals surface area contributed by atoms with Gasteiger partial charge >= 0.3 is 0 Å². The number of alkyl halides is 1. The van der Waals surface area contributed by atoms with E-state index in [0.29, 0.717) is 0 Å². The van der Waals surface area contributed by atoms with Crippen molar-refractivity contribution in [3.63, 3.8) is 0 Å². The topological polar surface area (TPSA) is 0 Å². The van der Waals surface area contributed by atoms with Gasteiger partial charge in [0.15, 0.2) is 0 Å². The number of hydrogen-bond acceptors (Lipinski definition) is 0. The Kier molecular flexibility index (Phi) is 8.83. The first kappa shape index (κ1) is 18.0. The fourth-order valence-corrected chi connectivity index (χ4v) is 3.29. The van der Waals surface area contributed by atoms with E-state index in [1.807, 2.05) is 0 Å². The van der Waals surface area contributed by atoms with Gasteiger partial charge in [0.05, 0.1) is 0 Å². The average molecular weight is 386 g/mol. The summed E-state index contributed by atoms with van der Waals surface area (Å²) in [5.74, 6) is 0. The van der Waals surface area contributed by atoms with E-state index in [9.17, 15) is 0 Å². The molecule has 0 atom stereocenters. The van der Waals surface area contributed by atoms with Crippen molar-refractivity contribution in [1.29, 1.82) is 0 Å². The van der Waals surface area contributed by atoms with Gasteiger partial charge in [-0.05, 0) is 37.8 Å². The monoisotopic (exact) mass is 386 g/mol. The van der Waals surface area contributed by atoms with Gasteiger partial charge in [-0.2, -0.15) is 0 Å². The van der Waals surface area contributed by atoms with Gasteiger partial charge in [0, 0.05) is 3.42 Å². The third-order valence-corrected chi connectivity index (χ3v) is 4.54. The molecule has 1 heteroatoms. The van der Waals surface area contributed by atoms with Gasteiger partial charge in [0.2, 0.25) is 0 Å². The number of unbranched alkanes of at least 4 members (excludes halogenated alkanes) is 7. The van der Waals surface area contributed by atoms with Crippen molar-refractivity contribution >= 4 is 22.6 Å². The van der Waals surface area contributed by atoms with Crippen molar-refractivity contribution in [2.24, 2.45) is 0 Å². The van der Waals surface area contributed by atoms with E-state index in [4.69, 9.17) is 0 Å². The molecule has 0 heterocycles. The molecule has 0 nitrogen and oxygen atoms in total. The van der Waals surface area contributed by atoms with E-state index < -0.39 is 0 Å². The molecule has 0 radical (unpaired) electrons. The highest BCUT2D eigenvalue weighted by Crippen LogP contribution is 2.33. The Morgan fingerprint density at radius 1 is 0.850 bits per heavy atom. The van der Waals surface area contributed by atoms with Crippen LogP contribution in [0.4, 0.5) is 0 Å². The Balaban J connectivity index is 2.26. The summed E-state index contributed by atoms with van der Waals surface area (Å²) in [4.78, 5) is 0. The van der Waals surface area contributed by atoms with Crippen LogP contribution in [0, 0.1) is 0 Å². The van der Waals surface area contributed by atoms with Gasteiger partial charge in [0.25, 0.3) is 0 Å². The van der Waals surface area contributed by atoms with E-state index in [0.717, 1.165) is 0 Å². The molecule has 0 unspecified atom stereocenters. The van der Waals surface area contributed by atoms with Gasteiger partial charge < -0.3 is 0 Å². The van der Waals surface area contributed by atoms with Crippen molar-refractivity contribution in [3.05, 3.63) is 35.4 Å². The quantitative estimate of drug-likeness (QED) is 0.230. The average Bonchev–Trinajstić information content (AvgIpc) is 2.41. The fraction of sp³-hybridized carbons (Fsp3) is 0.684. The second-order valence-electron chi connectivity index (χ2n) is 6.35. The maximum Gasteiger partial charge on any atom is 0.0416 e. The number of aryl methyl sites for hydroxylation is 1. The van der Waals surface area contributed by atoms with Gasteiger partial charge in [0.1, 0.15) is 0 Å². The number of hydrogen-bond donors (Lipinski definition) is 0. The summed E-state index contributed by atoms with van der Waals surface area (Å²) in [5, 5.41) is 0. The molecule has 114 valence electrons. The van der Waals surface area contributed by atoms with Crippen LogP contribution in [0.25, 0.3) is 0 Å². The largest absolute Gasteiger partial charge is 0.0743 e. The Morgan fingerprint density at radius 3 is 2.00 bits per heavy atom. The lowest BCUT2D eigenvalue weighted by Crippen LogP contribution is -2.10. The van der Waals surface area contributed by atoms with E-state index in [2.05, 4.69) is 67.6 Å². The maximum absolute atomic E-state index is 2.56. The van der Waals surface area contributed by atoms with E-state index >= 15 is 0 Å². The third-order valence-electron chi connectivity index (χ3n) is 3.96. The summed E-state index contributed by atoms with van der Waals surface area (Å²) in [6, 6.07) is 8.97. The number of rotatable bonds is 10. The zero-order chi connectivity index (χ0) is 14.8. The lowest BCUT2D eigenvalue weighted by molar-refractivity contribution is 0.574. The summed E-state index contributed by atoms with van der Waals surface area (Å²) < 4.78 is 0.245.